The maximum absolute atomic E-state index is 12.0. The van der Waals surface area contributed by atoms with E-state index in [1.54, 1.807) is 7.05 Å². The Labute approximate surface area is 112 Å². The van der Waals surface area contributed by atoms with Crippen LogP contribution in [0.5, 0.6) is 0 Å². The van der Waals surface area contributed by atoms with E-state index in [2.05, 4.69) is 14.2 Å². The van der Waals surface area contributed by atoms with Gasteiger partial charge in [0.1, 0.15) is 15.5 Å². The van der Waals surface area contributed by atoms with E-state index in [1.807, 2.05) is 0 Å². The fourth-order valence-corrected chi connectivity index (χ4v) is 3.47. The Hall–Kier alpha value is -1.94. The van der Waals surface area contributed by atoms with Crippen molar-refractivity contribution in [2.75, 3.05) is 4.72 Å². The Bertz CT molecular complexity index is 731. The first-order chi connectivity index (χ1) is 8.81. The average molecular weight is 302 g/mol. The van der Waals surface area contributed by atoms with Gasteiger partial charge in [-0.25, -0.2) is 13.2 Å². The molecule has 8 nitrogen and oxygen atoms in total. The smallest absolute Gasteiger partial charge is 0.340 e. The first-order valence-electron chi connectivity index (χ1n) is 5.02. The van der Waals surface area contributed by atoms with Crippen molar-refractivity contribution >= 4 is 32.5 Å². The van der Waals surface area contributed by atoms with Crippen molar-refractivity contribution in [3.05, 3.63) is 23.7 Å². The van der Waals surface area contributed by atoms with Gasteiger partial charge < -0.3 is 5.11 Å². The molecular weight excluding hydrogens is 292 g/mol. The zero-order valence-corrected chi connectivity index (χ0v) is 11.6. The van der Waals surface area contributed by atoms with Crippen molar-refractivity contribution in [1.82, 2.24) is 14.2 Å². The highest BCUT2D eigenvalue weighted by Crippen LogP contribution is 2.26. The summed E-state index contributed by atoms with van der Waals surface area (Å²) in [6.45, 7) is 1.50. The van der Waals surface area contributed by atoms with Crippen LogP contribution in [-0.2, 0) is 17.1 Å². The van der Waals surface area contributed by atoms with Gasteiger partial charge in [-0.1, -0.05) is 0 Å². The van der Waals surface area contributed by atoms with Crippen LogP contribution < -0.4 is 4.72 Å². The van der Waals surface area contributed by atoms with Crippen molar-refractivity contribution in [2.24, 2.45) is 7.05 Å². The quantitative estimate of drug-likeness (QED) is 0.858. The normalized spacial score (nSPS) is 11.5. The SMILES string of the molecule is Cc1nsc(NS(=O)(=O)c2cnn(C)c2)c1C(=O)O. The first-order valence-corrected chi connectivity index (χ1v) is 7.28. The summed E-state index contributed by atoms with van der Waals surface area (Å²) in [5.41, 5.74) is 0.124. The zero-order chi connectivity index (χ0) is 14.2. The Morgan fingerprint density at radius 1 is 1.53 bits per heavy atom. The zero-order valence-electron chi connectivity index (χ0n) is 9.98. The number of rotatable bonds is 4. The Morgan fingerprint density at radius 3 is 2.74 bits per heavy atom. The summed E-state index contributed by atoms with van der Waals surface area (Å²) in [7, 11) is -2.28. The van der Waals surface area contributed by atoms with Crippen molar-refractivity contribution in [3.8, 4) is 0 Å². The van der Waals surface area contributed by atoms with Gasteiger partial charge in [-0.05, 0) is 18.5 Å². The number of nitrogens with zero attached hydrogens (tertiary/aromatic N) is 3. The van der Waals surface area contributed by atoms with E-state index in [1.165, 1.54) is 24.0 Å². The number of carboxylic acids is 1. The van der Waals surface area contributed by atoms with Gasteiger partial charge in [0.2, 0.25) is 0 Å². The second-order valence-electron chi connectivity index (χ2n) is 3.73. The third kappa shape index (κ3) is 2.58. The minimum atomic E-state index is -3.86. The highest BCUT2D eigenvalue weighted by molar-refractivity contribution is 7.93. The molecule has 0 spiro atoms. The van der Waals surface area contributed by atoms with Crippen LogP contribution in [0.1, 0.15) is 16.1 Å². The molecule has 0 amide bonds. The lowest BCUT2D eigenvalue weighted by Crippen LogP contribution is -2.14. The average Bonchev–Trinajstić information content (AvgIpc) is 2.85. The molecule has 0 aliphatic carbocycles. The number of aromatic carboxylic acids is 1. The Kier molecular flexibility index (Phi) is 3.28. The molecule has 0 atom stereocenters. The Balaban J connectivity index is 2.39. The number of hydrogen-bond acceptors (Lipinski definition) is 6. The minimum absolute atomic E-state index is 0.0196. The van der Waals surface area contributed by atoms with E-state index in [-0.39, 0.29) is 21.2 Å². The van der Waals surface area contributed by atoms with Gasteiger partial charge in [0.15, 0.2) is 0 Å². The number of aryl methyl sites for hydroxylation is 2. The molecule has 0 bridgehead atoms. The monoisotopic (exact) mass is 302 g/mol. The summed E-state index contributed by atoms with van der Waals surface area (Å²) < 4.78 is 31.4. The van der Waals surface area contributed by atoms with Crippen molar-refractivity contribution < 1.29 is 18.3 Å². The summed E-state index contributed by atoms with van der Waals surface area (Å²) in [4.78, 5) is 11.0. The lowest BCUT2D eigenvalue weighted by molar-refractivity contribution is 0.0697. The second kappa shape index (κ2) is 4.63. The molecule has 10 heteroatoms. The van der Waals surface area contributed by atoms with Gasteiger partial charge in [0.05, 0.1) is 11.9 Å². The molecule has 0 unspecified atom stereocenters. The molecule has 2 N–H and O–H groups in total. The summed E-state index contributed by atoms with van der Waals surface area (Å²) in [5.74, 6) is -1.23. The van der Waals surface area contributed by atoms with Gasteiger partial charge in [-0.3, -0.25) is 9.40 Å². The van der Waals surface area contributed by atoms with Gasteiger partial charge in [0, 0.05) is 13.2 Å². The van der Waals surface area contributed by atoms with E-state index in [0.717, 1.165) is 11.5 Å². The third-order valence-electron chi connectivity index (χ3n) is 2.30. The molecular formula is C9H10N4O4S2. The summed E-state index contributed by atoms with van der Waals surface area (Å²) in [5, 5.41) is 12.8. The van der Waals surface area contributed by atoms with Crippen LogP contribution in [0, 0.1) is 6.92 Å². The molecule has 0 aliphatic heterocycles. The van der Waals surface area contributed by atoms with Crippen LogP contribution in [0.25, 0.3) is 0 Å². The molecule has 2 heterocycles. The number of carboxylic acid groups (broad SMARTS) is 1. The lowest BCUT2D eigenvalue weighted by Gasteiger charge is -2.04. The highest BCUT2D eigenvalue weighted by atomic mass is 32.2. The van der Waals surface area contributed by atoms with Crippen LogP contribution in [0.2, 0.25) is 0 Å². The maximum atomic E-state index is 12.0. The predicted octanol–water partition coefficient (Wildman–Crippen LogP) is 0.684. The van der Waals surface area contributed by atoms with Crippen molar-refractivity contribution in [2.45, 2.75) is 11.8 Å². The van der Waals surface area contributed by atoms with E-state index in [0.29, 0.717) is 0 Å². The van der Waals surface area contributed by atoms with Crippen LogP contribution in [-0.4, -0.2) is 33.6 Å². The molecule has 2 rings (SSSR count). The molecule has 19 heavy (non-hydrogen) atoms. The minimum Gasteiger partial charge on any atom is -0.478 e. The predicted molar refractivity (Wildman–Crippen MR) is 67.8 cm³/mol. The van der Waals surface area contributed by atoms with Crippen molar-refractivity contribution in [1.29, 1.82) is 0 Å². The molecule has 0 radical (unpaired) electrons. The maximum Gasteiger partial charge on any atom is 0.340 e. The second-order valence-corrected chi connectivity index (χ2v) is 6.19. The molecule has 0 saturated heterocycles. The highest BCUT2D eigenvalue weighted by Gasteiger charge is 2.23. The topological polar surface area (TPSA) is 114 Å². The third-order valence-corrected chi connectivity index (χ3v) is 4.58. The molecule has 0 fully saturated rings. The molecule has 0 aromatic carbocycles. The number of sulfonamides is 1. The summed E-state index contributed by atoms with van der Waals surface area (Å²) in [6, 6.07) is 0. The van der Waals surface area contributed by atoms with Gasteiger partial charge in [-0.2, -0.15) is 9.47 Å². The molecule has 0 saturated carbocycles. The molecule has 0 aliphatic rings. The van der Waals surface area contributed by atoms with Gasteiger partial charge in [0.25, 0.3) is 10.0 Å². The Morgan fingerprint density at radius 2 is 2.21 bits per heavy atom. The number of aromatic nitrogens is 3. The largest absolute Gasteiger partial charge is 0.478 e. The fourth-order valence-electron chi connectivity index (χ4n) is 1.41. The van der Waals surface area contributed by atoms with E-state index < -0.39 is 16.0 Å². The van der Waals surface area contributed by atoms with Crippen LogP contribution >= 0.6 is 11.5 Å². The lowest BCUT2D eigenvalue weighted by atomic mass is 10.2. The summed E-state index contributed by atoms with van der Waals surface area (Å²) >= 11 is 0.785. The van der Waals surface area contributed by atoms with E-state index in [9.17, 15) is 13.2 Å². The fraction of sp³-hybridized carbons (Fsp3) is 0.222. The van der Waals surface area contributed by atoms with Crippen LogP contribution in [0.4, 0.5) is 5.00 Å². The standard InChI is InChI=1S/C9H10N4O4S2/c1-5-7(9(14)15)8(18-11-5)12-19(16,17)6-3-10-13(2)4-6/h3-4,12H,1-2H3,(H,14,15). The number of anilines is 1. The van der Waals surface area contributed by atoms with Crippen LogP contribution in [0.15, 0.2) is 17.3 Å². The molecule has 2 aromatic heterocycles. The molecule has 102 valence electrons. The number of nitrogens with one attached hydrogen (secondary N) is 1. The number of carbonyl (C=O) groups is 1. The van der Waals surface area contributed by atoms with Gasteiger partial charge in [-0.15, -0.1) is 0 Å². The van der Waals surface area contributed by atoms with Gasteiger partial charge >= 0.3 is 5.97 Å². The van der Waals surface area contributed by atoms with Crippen molar-refractivity contribution in [3.63, 3.8) is 0 Å². The first kappa shape index (κ1) is 13.5. The van der Waals surface area contributed by atoms with E-state index in [4.69, 9.17) is 5.11 Å². The summed E-state index contributed by atoms with van der Waals surface area (Å²) in [6.07, 6.45) is 2.49. The molecule has 2 aromatic rings. The van der Waals surface area contributed by atoms with E-state index >= 15 is 0 Å². The van der Waals surface area contributed by atoms with Crippen LogP contribution in [0.3, 0.4) is 0 Å². The number of hydrogen-bond donors (Lipinski definition) is 2.